The zero-order valence-electron chi connectivity index (χ0n) is 17.2. The van der Waals surface area contributed by atoms with Gasteiger partial charge in [0.2, 0.25) is 0 Å². The molecule has 3 aromatic rings. The highest BCUT2D eigenvalue weighted by atomic mass is 19.4. The van der Waals surface area contributed by atoms with E-state index in [2.05, 4.69) is 0 Å². The van der Waals surface area contributed by atoms with Gasteiger partial charge in [-0.25, -0.2) is 8.78 Å². The van der Waals surface area contributed by atoms with Gasteiger partial charge < -0.3 is 20.9 Å². The Morgan fingerprint density at radius 1 is 0.528 bits per heavy atom. The van der Waals surface area contributed by atoms with E-state index >= 15 is 0 Å². The Kier molecular flexibility index (Phi) is 6.63. The molecule has 36 heavy (non-hydrogen) atoms. The monoisotopic (exact) mass is 532 g/mol. The lowest BCUT2D eigenvalue weighted by Gasteiger charge is -2.20. The van der Waals surface area contributed by atoms with Gasteiger partial charge in [0.1, 0.15) is 45.8 Å². The number of hydrogen-bond donors (Lipinski definition) is 2. The van der Waals surface area contributed by atoms with E-state index in [1.54, 1.807) is 0 Å². The Morgan fingerprint density at radius 2 is 0.972 bits per heavy atom. The Bertz CT molecular complexity index is 1300. The second-order valence-electron chi connectivity index (χ2n) is 7.02. The first-order valence-corrected chi connectivity index (χ1v) is 9.28. The molecule has 0 radical (unpaired) electrons. The molecule has 3 rings (SSSR count). The molecular formula is C21H11F11N2O2. The third-order valence-electron chi connectivity index (χ3n) is 4.58. The van der Waals surface area contributed by atoms with Crippen LogP contribution in [0, 0.1) is 11.6 Å². The standard InChI is InChI=1S/C21H11F11N2O2/c22-10-3-5-12(15(17(10)33)20(27,28)29)35-8-1-2-9(19(24,25)26)14(7-8)36-13-6-4-11(23)18(34)16(13)21(30,31)32/h1-7H,33-34H2. The molecular weight excluding hydrogens is 521 g/mol. The van der Waals surface area contributed by atoms with Gasteiger partial charge in [0, 0.05) is 6.07 Å². The quantitative estimate of drug-likeness (QED) is 0.266. The Hall–Kier alpha value is -3.91. The van der Waals surface area contributed by atoms with Crippen LogP contribution in [-0.4, -0.2) is 0 Å². The predicted octanol–water partition coefficient (Wildman–Crippen LogP) is 7.77. The molecule has 0 saturated carbocycles. The van der Waals surface area contributed by atoms with Crippen molar-refractivity contribution in [3.63, 3.8) is 0 Å². The minimum absolute atomic E-state index is 0.255. The average Bonchev–Trinajstić information content (AvgIpc) is 2.71. The third kappa shape index (κ3) is 5.33. The highest BCUT2D eigenvalue weighted by Crippen LogP contribution is 2.47. The molecule has 0 fully saturated rings. The zero-order chi connectivity index (χ0) is 27.2. The zero-order valence-corrected chi connectivity index (χ0v) is 17.2. The van der Waals surface area contributed by atoms with Gasteiger partial charge in [-0.1, -0.05) is 0 Å². The normalized spacial score (nSPS) is 12.5. The molecule has 0 saturated heterocycles. The lowest BCUT2D eigenvalue weighted by Crippen LogP contribution is -2.14. The highest BCUT2D eigenvalue weighted by Gasteiger charge is 2.41. The lowest BCUT2D eigenvalue weighted by molar-refractivity contribution is -0.139. The van der Waals surface area contributed by atoms with Gasteiger partial charge in [0.15, 0.2) is 0 Å². The number of rotatable bonds is 4. The van der Waals surface area contributed by atoms with Crippen molar-refractivity contribution in [2.75, 3.05) is 11.5 Å². The number of nitrogen functional groups attached to an aromatic ring is 2. The molecule has 0 atom stereocenters. The van der Waals surface area contributed by atoms with Crippen LogP contribution in [0.25, 0.3) is 0 Å². The van der Waals surface area contributed by atoms with E-state index in [9.17, 15) is 48.3 Å². The number of nitrogens with two attached hydrogens (primary N) is 2. The topological polar surface area (TPSA) is 70.5 Å². The SMILES string of the molecule is Nc1c(F)ccc(Oc2ccc(C(F)(F)F)c(Oc3ccc(F)c(N)c3C(F)(F)F)c2)c1C(F)(F)F. The minimum atomic E-state index is -5.36. The van der Waals surface area contributed by atoms with Gasteiger partial charge in [-0.3, -0.25) is 0 Å². The minimum Gasteiger partial charge on any atom is -0.457 e. The van der Waals surface area contributed by atoms with Crippen molar-refractivity contribution in [2.24, 2.45) is 0 Å². The summed E-state index contributed by atoms with van der Waals surface area (Å²) in [5.41, 5.74) is 2.04. The summed E-state index contributed by atoms with van der Waals surface area (Å²) in [5.74, 6) is -7.56. The maximum Gasteiger partial charge on any atom is 0.422 e. The van der Waals surface area contributed by atoms with E-state index in [1.165, 1.54) is 0 Å². The first-order chi connectivity index (χ1) is 16.4. The molecule has 4 N–H and O–H groups in total. The van der Waals surface area contributed by atoms with Crippen LogP contribution in [0.1, 0.15) is 16.7 Å². The maximum atomic E-state index is 13.6. The Balaban J connectivity index is 2.15. The van der Waals surface area contributed by atoms with E-state index in [4.69, 9.17) is 20.9 Å². The van der Waals surface area contributed by atoms with Crippen molar-refractivity contribution in [1.29, 1.82) is 0 Å². The van der Waals surface area contributed by atoms with Gasteiger partial charge in [0.05, 0.1) is 16.9 Å². The fourth-order valence-corrected chi connectivity index (χ4v) is 3.03. The number of benzene rings is 3. The second kappa shape index (κ2) is 8.95. The van der Waals surface area contributed by atoms with Crippen molar-refractivity contribution in [2.45, 2.75) is 18.5 Å². The molecule has 0 spiro atoms. The molecule has 0 aliphatic carbocycles. The third-order valence-corrected chi connectivity index (χ3v) is 4.58. The van der Waals surface area contributed by atoms with Crippen LogP contribution in [0.15, 0.2) is 42.5 Å². The highest BCUT2D eigenvalue weighted by molar-refractivity contribution is 5.60. The summed E-state index contributed by atoms with van der Waals surface area (Å²) in [6.45, 7) is 0. The van der Waals surface area contributed by atoms with Gasteiger partial charge in [-0.05, 0) is 36.4 Å². The summed E-state index contributed by atoms with van der Waals surface area (Å²) in [7, 11) is 0. The van der Waals surface area contributed by atoms with Gasteiger partial charge in [-0.2, -0.15) is 39.5 Å². The molecule has 0 heterocycles. The summed E-state index contributed by atoms with van der Waals surface area (Å²) in [6.07, 6.45) is -15.8. The molecule has 0 aromatic heterocycles. The van der Waals surface area contributed by atoms with Crippen molar-refractivity contribution >= 4 is 11.4 Å². The van der Waals surface area contributed by atoms with Crippen LogP contribution in [0.4, 0.5) is 59.7 Å². The Labute approximate surface area is 193 Å². The van der Waals surface area contributed by atoms with E-state index in [0.717, 1.165) is 0 Å². The number of halogens is 11. The molecule has 194 valence electrons. The van der Waals surface area contributed by atoms with Gasteiger partial charge in [-0.15, -0.1) is 0 Å². The lowest BCUT2D eigenvalue weighted by atomic mass is 10.1. The fraction of sp³-hybridized carbons (Fsp3) is 0.143. The maximum absolute atomic E-state index is 13.6. The number of alkyl halides is 9. The second-order valence-corrected chi connectivity index (χ2v) is 7.02. The molecule has 0 aliphatic heterocycles. The fourth-order valence-electron chi connectivity index (χ4n) is 3.03. The summed E-state index contributed by atoms with van der Waals surface area (Å²) < 4.78 is 158. The number of hydrogen-bond acceptors (Lipinski definition) is 4. The first-order valence-electron chi connectivity index (χ1n) is 9.28. The predicted molar refractivity (Wildman–Crippen MR) is 103 cm³/mol. The summed E-state index contributed by atoms with van der Waals surface area (Å²) >= 11 is 0. The van der Waals surface area contributed by atoms with Crippen molar-refractivity contribution < 1.29 is 57.8 Å². The van der Waals surface area contributed by atoms with Crippen molar-refractivity contribution in [3.8, 4) is 23.0 Å². The molecule has 0 aliphatic rings. The smallest absolute Gasteiger partial charge is 0.422 e. The van der Waals surface area contributed by atoms with Crippen LogP contribution in [0.2, 0.25) is 0 Å². The van der Waals surface area contributed by atoms with Crippen LogP contribution >= 0.6 is 0 Å². The van der Waals surface area contributed by atoms with Crippen molar-refractivity contribution in [1.82, 2.24) is 0 Å². The van der Waals surface area contributed by atoms with Gasteiger partial charge >= 0.3 is 18.5 Å². The van der Waals surface area contributed by atoms with E-state index in [0.29, 0.717) is 36.4 Å². The van der Waals surface area contributed by atoms with Crippen LogP contribution in [0.5, 0.6) is 23.0 Å². The number of anilines is 2. The molecule has 0 amide bonds. The molecule has 0 unspecified atom stereocenters. The average molecular weight is 532 g/mol. The Morgan fingerprint density at radius 3 is 1.39 bits per heavy atom. The van der Waals surface area contributed by atoms with E-state index in [1.807, 2.05) is 0 Å². The summed E-state index contributed by atoms with van der Waals surface area (Å²) in [5, 5.41) is 0. The van der Waals surface area contributed by atoms with Crippen LogP contribution in [-0.2, 0) is 18.5 Å². The number of ether oxygens (including phenoxy) is 2. The molecule has 3 aromatic carbocycles. The first kappa shape index (κ1) is 26.7. The molecule has 15 heteroatoms. The van der Waals surface area contributed by atoms with Crippen LogP contribution in [0.3, 0.4) is 0 Å². The summed E-state index contributed by atoms with van der Waals surface area (Å²) in [4.78, 5) is 0. The van der Waals surface area contributed by atoms with Crippen molar-refractivity contribution in [3.05, 3.63) is 70.8 Å². The van der Waals surface area contributed by atoms with Crippen LogP contribution < -0.4 is 20.9 Å². The van der Waals surface area contributed by atoms with E-state index < -0.39 is 81.2 Å². The molecule has 4 nitrogen and oxygen atoms in total. The van der Waals surface area contributed by atoms with Gasteiger partial charge in [0.25, 0.3) is 0 Å². The molecule has 0 bridgehead atoms. The van der Waals surface area contributed by atoms with E-state index in [-0.39, 0.29) is 6.07 Å². The largest absolute Gasteiger partial charge is 0.457 e. The summed E-state index contributed by atoms with van der Waals surface area (Å²) in [6, 6.07) is 2.90.